The number of hydrogen-bond donors (Lipinski definition) is 1. The van der Waals surface area contributed by atoms with Crippen LogP contribution in [0.15, 0.2) is 40.8 Å². The summed E-state index contributed by atoms with van der Waals surface area (Å²) < 4.78 is 11.6. The zero-order valence-corrected chi connectivity index (χ0v) is 13.5. The Labute approximate surface area is 127 Å². The molecule has 3 nitrogen and oxygen atoms in total. The summed E-state index contributed by atoms with van der Waals surface area (Å²) in [5.41, 5.74) is 1.17. The van der Waals surface area contributed by atoms with Crippen LogP contribution in [0.4, 0.5) is 0 Å². The molecule has 21 heavy (non-hydrogen) atoms. The molecule has 0 radical (unpaired) electrons. The monoisotopic (exact) mass is 287 g/mol. The highest BCUT2D eigenvalue weighted by molar-refractivity contribution is 5.36. The normalized spacial score (nSPS) is 14.2. The first-order chi connectivity index (χ1) is 9.97. The van der Waals surface area contributed by atoms with Gasteiger partial charge in [-0.3, -0.25) is 0 Å². The van der Waals surface area contributed by atoms with Crippen molar-refractivity contribution in [2.45, 2.75) is 52.8 Å². The van der Waals surface area contributed by atoms with Gasteiger partial charge in [-0.1, -0.05) is 18.2 Å². The van der Waals surface area contributed by atoms with E-state index in [0.29, 0.717) is 0 Å². The van der Waals surface area contributed by atoms with Crippen LogP contribution < -0.4 is 10.1 Å². The zero-order chi connectivity index (χ0) is 15.4. The summed E-state index contributed by atoms with van der Waals surface area (Å²) in [6.07, 6.45) is 0.170. The predicted octanol–water partition coefficient (Wildman–Crippen LogP) is 4.79. The largest absolute Gasteiger partial charge is 0.491 e. The van der Waals surface area contributed by atoms with Crippen molar-refractivity contribution in [3.63, 3.8) is 0 Å². The molecule has 2 rings (SSSR count). The molecular formula is C18H25NO2. The molecule has 3 heteroatoms. The Morgan fingerprint density at radius 3 is 2.29 bits per heavy atom. The van der Waals surface area contributed by atoms with Crippen LogP contribution in [0, 0.1) is 6.92 Å². The zero-order valence-electron chi connectivity index (χ0n) is 13.5. The maximum absolute atomic E-state index is 5.89. The highest BCUT2D eigenvalue weighted by atomic mass is 16.5. The van der Waals surface area contributed by atoms with Gasteiger partial charge in [0.25, 0.3) is 0 Å². The summed E-state index contributed by atoms with van der Waals surface area (Å²) in [6, 6.07) is 12.5. The summed E-state index contributed by atoms with van der Waals surface area (Å²) >= 11 is 0. The first-order valence-electron chi connectivity index (χ1n) is 7.55. The lowest BCUT2D eigenvalue weighted by Crippen LogP contribution is -2.23. The van der Waals surface area contributed by atoms with Crippen LogP contribution in [-0.2, 0) is 0 Å². The Kier molecular flexibility index (Phi) is 5.07. The molecule has 0 aliphatic carbocycles. The van der Waals surface area contributed by atoms with Gasteiger partial charge in [0.1, 0.15) is 17.3 Å². The molecule has 1 aromatic carbocycles. The van der Waals surface area contributed by atoms with Crippen LogP contribution in [0.1, 0.15) is 56.9 Å². The lowest BCUT2D eigenvalue weighted by atomic mass is 10.1. The molecule has 1 aromatic heterocycles. The molecule has 1 N–H and O–H groups in total. The number of para-hydroxylation sites is 1. The first-order valence-corrected chi connectivity index (χ1v) is 7.55. The van der Waals surface area contributed by atoms with Crippen LogP contribution >= 0.6 is 0 Å². The van der Waals surface area contributed by atoms with Gasteiger partial charge in [-0.25, -0.2) is 0 Å². The number of benzene rings is 1. The average Bonchev–Trinajstić information content (AvgIpc) is 2.85. The van der Waals surface area contributed by atoms with E-state index in [1.165, 1.54) is 5.56 Å². The quantitative estimate of drug-likeness (QED) is 0.829. The Morgan fingerprint density at radius 2 is 1.67 bits per heavy atom. The van der Waals surface area contributed by atoms with E-state index in [4.69, 9.17) is 9.15 Å². The van der Waals surface area contributed by atoms with Crippen molar-refractivity contribution in [2.75, 3.05) is 0 Å². The van der Waals surface area contributed by atoms with E-state index in [9.17, 15) is 0 Å². The second-order valence-electron chi connectivity index (χ2n) is 5.76. The summed E-state index contributed by atoms with van der Waals surface area (Å²) in [5.74, 6) is 2.84. The number of hydrogen-bond acceptors (Lipinski definition) is 3. The molecule has 0 aliphatic rings. The smallest absolute Gasteiger partial charge is 0.124 e. The fourth-order valence-electron chi connectivity index (χ4n) is 2.43. The van der Waals surface area contributed by atoms with Gasteiger partial charge in [-0.15, -0.1) is 0 Å². The number of furan rings is 1. The van der Waals surface area contributed by atoms with Crippen molar-refractivity contribution < 1.29 is 9.15 Å². The van der Waals surface area contributed by atoms with Crippen LogP contribution in [0.25, 0.3) is 0 Å². The molecule has 1 heterocycles. The van der Waals surface area contributed by atoms with Crippen LogP contribution in [-0.4, -0.2) is 6.10 Å². The third-order valence-corrected chi connectivity index (χ3v) is 3.44. The van der Waals surface area contributed by atoms with Crippen molar-refractivity contribution >= 4 is 0 Å². The van der Waals surface area contributed by atoms with E-state index in [0.717, 1.165) is 17.3 Å². The average molecular weight is 287 g/mol. The number of ether oxygens (including phenoxy) is 1. The number of nitrogens with one attached hydrogen (secondary N) is 1. The molecule has 0 saturated heterocycles. The van der Waals surface area contributed by atoms with Gasteiger partial charge in [0.15, 0.2) is 0 Å². The van der Waals surface area contributed by atoms with Crippen molar-refractivity contribution in [3.05, 3.63) is 53.5 Å². The topological polar surface area (TPSA) is 34.4 Å². The third-order valence-electron chi connectivity index (χ3n) is 3.44. The van der Waals surface area contributed by atoms with Gasteiger partial charge in [-0.2, -0.15) is 0 Å². The number of aryl methyl sites for hydroxylation is 1. The van der Waals surface area contributed by atoms with Crippen molar-refractivity contribution in [2.24, 2.45) is 0 Å². The van der Waals surface area contributed by atoms with Crippen LogP contribution in [0.3, 0.4) is 0 Å². The second kappa shape index (κ2) is 6.81. The molecular weight excluding hydrogens is 262 g/mol. The standard InChI is InChI=1S/C18H25NO2/c1-12(2)20-18-9-7-6-8-16(18)14(4)19-15(5)17-11-10-13(3)21-17/h6-12,14-15,19H,1-5H3. The molecule has 0 aliphatic heterocycles. The van der Waals surface area contributed by atoms with E-state index < -0.39 is 0 Å². The molecule has 0 fully saturated rings. The Bertz CT molecular complexity index is 574. The first kappa shape index (κ1) is 15.6. The van der Waals surface area contributed by atoms with Gasteiger partial charge in [0.05, 0.1) is 12.1 Å². The molecule has 2 unspecified atom stereocenters. The van der Waals surface area contributed by atoms with Gasteiger partial charge in [0, 0.05) is 11.6 Å². The van der Waals surface area contributed by atoms with Gasteiger partial charge in [0.2, 0.25) is 0 Å². The molecule has 0 saturated carbocycles. The predicted molar refractivity (Wildman–Crippen MR) is 85.6 cm³/mol. The van der Waals surface area contributed by atoms with E-state index >= 15 is 0 Å². The summed E-state index contributed by atoms with van der Waals surface area (Å²) in [5, 5.41) is 3.57. The second-order valence-corrected chi connectivity index (χ2v) is 5.76. The minimum atomic E-state index is 0.154. The van der Waals surface area contributed by atoms with E-state index in [1.807, 2.05) is 51.1 Å². The minimum Gasteiger partial charge on any atom is -0.491 e. The van der Waals surface area contributed by atoms with Crippen molar-refractivity contribution in [3.8, 4) is 5.75 Å². The Balaban J connectivity index is 2.11. The van der Waals surface area contributed by atoms with E-state index in [1.54, 1.807) is 0 Å². The van der Waals surface area contributed by atoms with Gasteiger partial charge in [-0.05, 0) is 52.8 Å². The molecule has 0 spiro atoms. The van der Waals surface area contributed by atoms with Gasteiger partial charge < -0.3 is 14.5 Å². The molecule has 2 aromatic rings. The minimum absolute atomic E-state index is 0.154. The van der Waals surface area contributed by atoms with E-state index in [2.05, 4.69) is 25.2 Å². The van der Waals surface area contributed by atoms with E-state index in [-0.39, 0.29) is 18.2 Å². The highest BCUT2D eigenvalue weighted by Crippen LogP contribution is 2.28. The molecule has 0 amide bonds. The molecule has 114 valence electrons. The maximum atomic E-state index is 5.89. The van der Waals surface area contributed by atoms with Crippen molar-refractivity contribution in [1.29, 1.82) is 0 Å². The third kappa shape index (κ3) is 4.11. The fraction of sp³-hybridized carbons (Fsp3) is 0.444. The summed E-state index contributed by atoms with van der Waals surface area (Å²) in [7, 11) is 0. The molecule has 0 bridgehead atoms. The molecule has 2 atom stereocenters. The Hall–Kier alpha value is -1.74. The maximum Gasteiger partial charge on any atom is 0.124 e. The van der Waals surface area contributed by atoms with Crippen molar-refractivity contribution in [1.82, 2.24) is 5.32 Å². The lowest BCUT2D eigenvalue weighted by molar-refractivity contribution is 0.237. The summed E-state index contributed by atoms with van der Waals surface area (Å²) in [6.45, 7) is 10.3. The van der Waals surface area contributed by atoms with Gasteiger partial charge >= 0.3 is 0 Å². The highest BCUT2D eigenvalue weighted by Gasteiger charge is 2.17. The fourth-order valence-corrected chi connectivity index (χ4v) is 2.43. The van der Waals surface area contributed by atoms with Crippen LogP contribution in [0.5, 0.6) is 5.75 Å². The summed E-state index contributed by atoms with van der Waals surface area (Å²) in [4.78, 5) is 0. The number of rotatable bonds is 6. The van der Waals surface area contributed by atoms with Crippen LogP contribution in [0.2, 0.25) is 0 Å². The SMILES string of the molecule is Cc1ccc(C(C)NC(C)c2ccccc2OC(C)C)o1. The lowest BCUT2D eigenvalue weighted by Gasteiger charge is -2.22. The Morgan fingerprint density at radius 1 is 0.952 bits per heavy atom.